The molecule has 2 fully saturated rings. The van der Waals surface area contributed by atoms with Crippen LogP contribution in [0.25, 0.3) is 0 Å². The molecule has 0 bridgehead atoms. The van der Waals surface area contributed by atoms with Crippen molar-refractivity contribution < 1.29 is 4.39 Å². The van der Waals surface area contributed by atoms with Crippen molar-refractivity contribution in [3.05, 3.63) is 35.6 Å². The molecular formula is C15H20FN. The molecule has 0 radical (unpaired) electrons. The smallest absolute Gasteiger partial charge is 0.123 e. The zero-order chi connectivity index (χ0) is 11.7. The zero-order valence-corrected chi connectivity index (χ0v) is 10.2. The first kappa shape index (κ1) is 11.2. The number of nitrogens with one attached hydrogen (secondary N) is 1. The number of hydrogen-bond donors (Lipinski definition) is 1. The van der Waals surface area contributed by atoms with Gasteiger partial charge in [-0.1, -0.05) is 25.0 Å². The van der Waals surface area contributed by atoms with Gasteiger partial charge in [-0.05, 0) is 49.8 Å². The summed E-state index contributed by atoms with van der Waals surface area (Å²) in [6.45, 7) is 0. The molecule has 2 aliphatic rings. The molecule has 1 saturated heterocycles. The summed E-state index contributed by atoms with van der Waals surface area (Å²) in [5.74, 6) is -0.115. The lowest BCUT2D eigenvalue weighted by Crippen LogP contribution is -2.41. The van der Waals surface area contributed by atoms with Gasteiger partial charge in [0, 0.05) is 11.6 Å². The fraction of sp³-hybridized carbons (Fsp3) is 0.600. The minimum absolute atomic E-state index is 0.115. The molecule has 0 amide bonds. The van der Waals surface area contributed by atoms with Crippen LogP contribution >= 0.6 is 0 Å². The highest BCUT2D eigenvalue weighted by Gasteiger charge is 2.40. The Hall–Kier alpha value is -0.890. The molecule has 1 aliphatic heterocycles. The van der Waals surface area contributed by atoms with E-state index in [2.05, 4.69) is 5.32 Å². The summed E-state index contributed by atoms with van der Waals surface area (Å²) in [4.78, 5) is 0. The van der Waals surface area contributed by atoms with Crippen molar-refractivity contribution in [3.8, 4) is 0 Å². The summed E-state index contributed by atoms with van der Waals surface area (Å²) < 4.78 is 13.1. The Morgan fingerprint density at radius 2 is 2.06 bits per heavy atom. The van der Waals surface area contributed by atoms with Crippen LogP contribution in [0.3, 0.4) is 0 Å². The van der Waals surface area contributed by atoms with E-state index in [1.165, 1.54) is 44.6 Å². The van der Waals surface area contributed by atoms with E-state index in [9.17, 15) is 4.39 Å². The SMILES string of the molecule is Fc1cccc(C[C@H]2CCC3(CCCC3)N2)c1. The molecule has 92 valence electrons. The molecule has 1 saturated carbocycles. The Bertz CT molecular complexity index is 396. The molecule has 1 aliphatic carbocycles. The monoisotopic (exact) mass is 233 g/mol. The second kappa shape index (κ2) is 4.41. The molecule has 1 aromatic rings. The number of rotatable bonds is 2. The second-order valence-corrected chi connectivity index (χ2v) is 5.70. The molecule has 1 N–H and O–H groups in total. The van der Waals surface area contributed by atoms with Gasteiger partial charge < -0.3 is 5.32 Å². The maximum absolute atomic E-state index is 13.1. The van der Waals surface area contributed by atoms with Crippen LogP contribution in [0.15, 0.2) is 24.3 Å². The van der Waals surface area contributed by atoms with Crippen LogP contribution < -0.4 is 5.32 Å². The van der Waals surface area contributed by atoms with Gasteiger partial charge in [0.05, 0.1) is 0 Å². The van der Waals surface area contributed by atoms with Gasteiger partial charge in [0.1, 0.15) is 5.82 Å². The molecule has 0 unspecified atom stereocenters. The maximum atomic E-state index is 13.1. The van der Waals surface area contributed by atoms with E-state index in [1.54, 1.807) is 6.07 Å². The number of hydrogen-bond acceptors (Lipinski definition) is 1. The van der Waals surface area contributed by atoms with Crippen LogP contribution in [-0.2, 0) is 6.42 Å². The van der Waals surface area contributed by atoms with Crippen molar-refractivity contribution in [3.63, 3.8) is 0 Å². The Labute approximate surface area is 102 Å². The second-order valence-electron chi connectivity index (χ2n) is 5.70. The van der Waals surface area contributed by atoms with Crippen LogP contribution in [-0.4, -0.2) is 11.6 Å². The van der Waals surface area contributed by atoms with Crippen LogP contribution in [0.2, 0.25) is 0 Å². The standard InChI is InChI=1S/C15H20FN/c16-13-5-3-4-12(10-13)11-14-6-9-15(17-14)7-1-2-8-15/h3-5,10,14,17H,1-2,6-9,11H2/t14-/m1/s1. The van der Waals surface area contributed by atoms with E-state index >= 15 is 0 Å². The summed E-state index contributed by atoms with van der Waals surface area (Å²) in [6, 6.07) is 7.58. The summed E-state index contributed by atoms with van der Waals surface area (Å²) >= 11 is 0. The fourth-order valence-electron chi connectivity index (χ4n) is 3.58. The van der Waals surface area contributed by atoms with E-state index in [0.29, 0.717) is 11.6 Å². The van der Waals surface area contributed by atoms with E-state index in [-0.39, 0.29) is 5.82 Å². The lowest BCUT2D eigenvalue weighted by Gasteiger charge is -2.25. The summed E-state index contributed by atoms with van der Waals surface area (Å²) in [5.41, 5.74) is 1.57. The normalized spacial score (nSPS) is 26.8. The third kappa shape index (κ3) is 2.37. The van der Waals surface area contributed by atoms with Gasteiger partial charge in [0.2, 0.25) is 0 Å². The quantitative estimate of drug-likeness (QED) is 0.825. The van der Waals surface area contributed by atoms with Gasteiger partial charge in [-0.3, -0.25) is 0 Å². The minimum atomic E-state index is -0.115. The molecule has 3 rings (SSSR count). The Morgan fingerprint density at radius 1 is 1.24 bits per heavy atom. The van der Waals surface area contributed by atoms with E-state index in [4.69, 9.17) is 0 Å². The van der Waals surface area contributed by atoms with Gasteiger partial charge in [0.25, 0.3) is 0 Å². The first-order chi connectivity index (χ1) is 8.26. The Kier molecular flexibility index (Phi) is 2.91. The first-order valence-corrected chi connectivity index (χ1v) is 6.78. The van der Waals surface area contributed by atoms with Crippen LogP contribution in [0, 0.1) is 5.82 Å². The summed E-state index contributed by atoms with van der Waals surface area (Å²) in [6.07, 6.45) is 8.96. The lowest BCUT2D eigenvalue weighted by molar-refractivity contribution is 0.366. The average Bonchev–Trinajstić information content (AvgIpc) is 2.90. The van der Waals surface area contributed by atoms with Crippen LogP contribution in [0.1, 0.15) is 44.1 Å². The molecule has 1 atom stereocenters. The van der Waals surface area contributed by atoms with Crippen molar-refractivity contribution in [2.24, 2.45) is 0 Å². The van der Waals surface area contributed by atoms with Gasteiger partial charge in [-0.2, -0.15) is 0 Å². The largest absolute Gasteiger partial charge is 0.308 e. The van der Waals surface area contributed by atoms with Crippen molar-refractivity contribution in [1.82, 2.24) is 5.32 Å². The Balaban J connectivity index is 1.64. The van der Waals surface area contributed by atoms with Crippen molar-refractivity contribution >= 4 is 0 Å². The fourth-order valence-corrected chi connectivity index (χ4v) is 3.58. The molecule has 1 aromatic carbocycles. The van der Waals surface area contributed by atoms with Gasteiger partial charge in [0.15, 0.2) is 0 Å². The van der Waals surface area contributed by atoms with Gasteiger partial charge in [-0.15, -0.1) is 0 Å². The van der Waals surface area contributed by atoms with Gasteiger partial charge in [-0.25, -0.2) is 4.39 Å². The Morgan fingerprint density at radius 3 is 2.82 bits per heavy atom. The topological polar surface area (TPSA) is 12.0 Å². The van der Waals surface area contributed by atoms with Crippen molar-refractivity contribution in [1.29, 1.82) is 0 Å². The highest BCUT2D eigenvalue weighted by atomic mass is 19.1. The molecule has 1 nitrogen and oxygen atoms in total. The number of benzene rings is 1. The third-order valence-electron chi connectivity index (χ3n) is 4.41. The van der Waals surface area contributed by atoms with Crippen LogP contribution in [0.5, 0.6) is 0 Å². The molecule has 1 heterocycles. The summed E-state index contributed by atoms with van der Waals surface area (Å²) in [7, 11) is 0. The molecule has 17 heavy (non-hydrogen) atoms. The molecular weight excluding hydrogens is 213 g/mol. The lowest BCUT2D eigenvalue weighted by atomic mass is 9.96. The molecule has 0 aromatic heterocycles. The van der Waals surface area contributed by atoms with Crippen LogP contribution in [0.4, 0.5) is 4.39 Å². The van der Waals surface area contributed by atoms with Crippen molar-refractivity contribution in [2.75, 3.05) is 0 Å². The number of halogens is 1. The third-order valence-corrected chi connectivity index (χ3v) is 4.41. The average molecular weight is 233 g/mol. The maximum Gasteiger partial charge on any atom is 0.123 e. The highest BCUT2D eigenvalue weighted by molar-refractivity contribution is 5.18. The predicted octanol–water partition coefficient (Wildman–Crippen LogP) is 3.43. The zero-order valence-electron chi connectivity index (χ0n) is 10.2. The minimum Gasteiger partial charge on any atom is -0.308 e. The highest BCUT2D eigenvalue weighted by Crippen LogP contribution is 2.39. The predicted molar refractivity (Wildman–Crippen MR) is 67.5 cm³/mol. The molecule has 2 heteroatoms. The van der Waals surface area contributed by atoms with Gasteiger partial charge >= 0.3 is 0 Å². The van der Waals surface area contributed by atoms with E-state index < -0.39 is 0 Å². The molecule has 1 spiro atoms. The summed E-state index contributed by atoms with van der Waals surface area (Å²) in [5, 5.41) is 3.81. The first-order valence-electron chi connectivity index (χ1n) is 6.78. The van der Waals surface area contributed by atoms with E-state index in [1.807, 2.05) is 12.1 Å². The van der Waals surface area contributed by atoms with Crippen molar-refractivity contribution in [2.45, 2.75) is 56.5 Å². The van der Waals surface area contributed by atoms with E-state index in [0.717, 1.165) is 12.0 Å².